The SMILES string of the molecule is Cl.Cl.Nc1n[nH]c2c1CNC21CC1. The molecule has 4 nitrogen and oxygen atoms in total. The van der Waals surface area contributed by atoms with Crippen molar-refractivity contribution in [3.63, 3.8) is 0 Å². The molecule has 1 aromatic heterocycles. The molecule has 1 aromatic rings. The highest BCUT2D eigenvalue weighted by Crippen LogP contribution is 2.50. The van der Waals surface area contributed by atoms with Gasteiger partial charge in [-0.1, -0.05) is 0 Å². The van der Waals surface area contributed by atoms with E-state index >= 15 is 0 Å². The Balaban J connectivity index is 0.000000422. The van der Waals surface area contributed by atoms with E-state index in [-0.39, 0.29) is 30.4 Å². The molecule has 3 rings (SSSR count). The Morgan fingerprint density at radius 1 is 1.31 bits per heavy atom. The maximum atomic E-state index is 5.66. The number of fused-ring (bicyclic) bond motifs is 2. The van der Waals surface area contributed by atoms with Crippen LogP contribution in [0.5, 0.6) is 0 Å². The molecular weight excluding hydrogens is 211 g/mol. The van der Waals surface area contributed by atoms with Gasteiger partial charge in [-0.25, -0.2) is 0 Å². The number of hydrogen-bond acceptors (Lipinski definition) is 3. The third-order valence-corrected chi connectivity index (χ3v) is 2.73. The molecule has 1 spiro atoms. The fourth-order valence-electron chi connectivity index (χ4n) is 1.85. The van der Waals surface area contributed by atoms with Gasteiger partial charge in [-0.05, 0) is 12.8 Å². The van der Waals surface area contributed by atoms with Crippen molar-refractivity contribution in [1.82, 2.24) is 15.5 Å². The maximum Gasteiger partial charge on any atom is 0.150 e. The van der Waals surface area contributed by atoms with Gasteiger partial charge in [0.15, 0.2) is 0 Å². The van der Waals surface area contributed by atoms with E-state index in [4.69, 9.17) is 5.73 Å². The summed E-state index contributed by atoms with van der Waals surface area (Å²) in [6.45, 7) is 0.887. The van der Waals surface area contributed by atoms with Crippen LogP contribution < -0.4 is 11.1 Å². The molecule has 0 amide bonds. The molecule has 2 aliphatic rings. The summed E-state index contributed by atoms with van der Waals surface area (Å²) in [5.41, 5.74) is 8.32. The monoisotopic (exact) mass is 222 g/mol. The third-order valence-electron chi connectivity index (χ3n) is 2.73. The number of anilines is 1. The fraction of sp³-hybridized carbons (Fsp3) is 0.571. The Kier molecular flexibility index (Phi) is 2.49. The summed E-state index contributed by atoms with van der Waals surface area (Å²) in [5.74, 6) is 0.663. The van der Waals surface area contributed by atoms with E-state index in [0.29, 0.717) is 5.82 Å². The topological polar surface area (TPSA) is 66.7 Å². The van der Waals surface area contributed by atoms with Gasteiger partial charge in [0, 0.05) is 12.1 Å². The highest BCUT2D eigenvalue weighted by molar-refractivity contribution is 5.85. The van der Waals surface area contributed by atoms with E-state index in [1.165, 1.54) is 24.1 Å². The molecule has 0 atom stereocenters. The van der Waals surface area contributed by atoms with Crippen molar-refractivity contribution in [3.05, 3.63) is 11.3 Å². The molecule has 0 saturated heterocycles. The van der Waals surface area contributed by atoms with Gasteiger partial charge in [-0.3, -0.25) is 5.10 Å². The zero-order chi connectivity index (χ0) is 7.47. The Morgan fingerprint density at radius 3 is 2.62 bits per heavy atom. The van der Waals surface area contributed by atoms with E-state index in [0.717, 1.165) is 6.54 Å². The van der Waals surface area contributed by atoms with E-state index in [2.05, 4.69) is 15.5 Å². The lowest BCUT2D eigenvalue weighted by Crippen LogP contribution is -2.20. The van der Waals surface area contributed by atoms with Gasteiger partial charge in [-0.15, -0.1) is 24.8 Å². The summed E-state index contributed by atoms with van der Waals surface area (Å²) >= 11 is 0. The first-order valence-electron chi connectivity index (χ1n) is 3.90. The van der Waals surface area contributed by atoms with Crippen LogP contribution in [-0.2, 0) is 12.1 Å². The third kappa shape index (κ3) is 1.21. The van der Waals surface area contributed by atoms with Crippen molar-refractivity contribution >= 4 is 30.6 Å². The zero-order valence-corrected chi connectivity index (χ0v) is 8.60. The molecule has 6 heteroatoms. The minimum absolute atomic E-state index is 0. The van der Waals surface area contributed by atoms with Crippen LogP contribution in [0.25, 0.3) is 0 Å². The first-order chi connectivity index (χ1) is 5.32. The Hall–Kier alpha value is -0.450. The number of hydrogen-bond donors (Lipinski definition) is 3. The van der Waals surface area contributed by atoms with Crippen LogP contribution in [0.1, 0.15) is 24.1 Å². The number of nitrogens with two attached hydrogens (primary N) is 1. The number of halogens is 2. The van der Waals surface area contributed by atoms with Crippen LogP contribution in [0, 0.1) is 0 Å². The second-order valence-corrected chi connectivity index (χ2v) is 3.40. The summed E-state index contributed by atoms with van der Waals surface area (Å²) in [7, 11) is 0. The van der Waals surface area contributed by atoms with Gasteiger partial charge in [0.25, 0.3) is 0 Å². The summed E-state index contributed by atoms with van der Waals surface area (Å²) in [5, 5.41) is 10.4. The number of aromatic nitrogens is 2. The number of aromatic amines is 1. The van der Waals surface area contributed by atoms with E-state index in [9.17, 15) is 0 Å². The van der Waals surface area contributed by atoms with Gasteiger partial charge in [0.05, 0.1) is 11.2 Å². The lowest BCUT2D eigenvalue weighted by atomic mass is 10.2. The first kappa shape index (κ1) is 10.6. The summed E-state index contributed by atoms with van der Waals surface area (Å²) < 4.78 is 0. The molecule has 13 heavy (non-hydrogen) atoms. The van der Waals surface area contributed by atoms with Gasteiger partial charge in [-0.2, -0.15) is 5.10 Å². The Labute approximate surface area is 88.5 Å². The van der Waals surface area contributed by atoms with Crippen molar-refractivity contribution in [2.75, 3.05) is 5.73 Å². The molecule has 1 aliphatic heterocycles. The van der Waals surface area contributed by atoms with Crippen molar-refractivity contribution < 1.29 is 0 Å². The average Bonchev–Trinajstić information content (AvgIpc) is 2.53. The largest absolute Gasteiger partial charge is 0.382 e. The van der Waals surface area contributed by atoms with Crippen molar-refractivity contribution in [2.45, 2.75) is 24.9 Å². The second-order valence-electron chi connectivity index (χ2n) is 3.40. The number of rotatable bonds is 0. The second kappa shape index (κ2) is 3.04. The predicted molar refractivity (Wildman–Crippen MR) is 55.2 cm³/mol. The van der Waals surface area contributed by atoms with Crippen LogP contribution in [-0.4, -0.2) is 10.2 Å². The molecule has 0 unspecified atom stereocenters. The number of nitrogens with one attached hydrogen (secondary N) is 2. The highest BCUT2D eigenvalue weighted by Gasteiger charge is 2.50. The molecule has 0 aromatic carbocycles. The van der Waals surface area contributed by atoms with Crippen molar-refractivity contribution in [1.29, 1.82) is 0 Å². The summed E-state index contributed by atoms with van der Waals surface area (Å²) in [4.78, 5) is 0. The average molecular weight is 223 g/mol. The molecule has 1 saturated carbocycles. The predicted octanol–water partition coefficient (Wildman–Crippen LogP) is 0.928. The minimum atomic E-state index is 0. The van der Waals surface area contributed by atoms with Gasteiger partial charge in [0.2, 0.25) is 0 Å². The smallest absolute Gasteiger partial charge is 0.150 e. The van der Waals surface area contributed by atoms with Gasteiger partial charge >= 0.3 is 0 Å². The number of nitrogens with zero attached hydrogens (tertiary/aromatic N) is 1. The normalized spacial score (nSPS) is 20.3. The standard InChI is InChI=1S/C7H10N4.2ClH/c8-6-4-3-9-7(1-2-7)5(4)10-11-6;;/h9H,1-3H2,(H3,8,10,11);2*1H. The van der Waals surface area contributed by atoms with E-state index in [1.54, 1.807) is 0 Å². The lowest BCUT2D eigenvalue weighted by molar-refractivity contribution is 0.556. The van der Waals surface area contributed by atoms with E-state index in [1.807, 2.05) is 0 Å². The Bertz CT molecular complexity index is 318. The number of nitrogen functional groups attached to an aromatic ring is 1. The zero-order valence-electron chi connectivity index (χ0n) is 6.96. The van der Waals surface area contributed by atoms with Crippen LogP contribution in [0.4, 0.5) is 5.82 Å². The molecule has 1 fully saturated rings. The van der Waals surface area contributed by atoms with Gasteiger partial charge in [0.1, 0.15) is 5.82 Å². The van der Waals surface area contributed by atoms with E-state index < -0.39 is 0 Å². The summed E-state index contributed by atoms with van der Waals surface area (Å²) in [6.07, 6.45) is 2.45. The van der Waals surface area contributed by atoms with Crippen LogP contribution in [0.3, 0.4) is 0 Å². The molecular formula is C7H12Cl2N4. The van der Waals surface area contributed by atoms with Crippen LogP contribution >= 0.6 is 24.8 Å². The van der Waals surface area contributed by atoms with Crippen molar-refractivity contribution in [3.8, 4) is 0 Å². The number of H-pyrrole nitrogens is 1. The van der Waals surface area contributed by atoms with Gasteiger partial charge < -0.3 is 11.1 Å². The molecule has 2 heterocycles. The molecule has 1 aliphatic carbocycles. The van der Waals surface area contributed by atoms with Crippen molar-refractivity contribution in [2.24, 2.45) is 0 Å². The highest BCUT2D eigenvalue weighted by atomic mass is 35.5. The van der Waals surface area contributed by atoms with Crippen LogP contribution in [0.2, 0.25) is 0 Å². The molecule has 0 bridgehead atoms. The molecule has 0 radical (unpaired) electrons. The summed E-state index contributed by atoms with van der Waals surface area (Å²) in [6, 6.07) is 0. The molecule has 4 N–H and O–H groups in total. The molecule has 74 valence electrons. The first-order valence-corrected chi connectivity index (χ1v) is 3.90. The quantitative estimate of drug-likeness (QED) is 0.612. The van der Waals surface area contributed by atoms with Crippen LogP contribution in [0.15, 0.2) is 0 Å². The minimum Gasteiger partial charge on any atom is -0.382 e. The Morgan fingerprint density at radius 2 is 2.00 bits per heavy atom. The fourth-order valence-corrected chi connectivity index (χ4v) is 1.85. The maximum absolute atomic E-state index is 5.66. The lowest BCUT2D eigenvalue weighted by Gasteiger charge is -2.04.